The Kier molecular flexibility index (Phi) is 7.02. The van der Waals surface area contributed by atoms with Gasteiger partial charge in [-0.3, -0.25) is 4.99 Å². The zero-order valence-electron chi connectivity index (χ0n) is 16.1. The topological polar surface area (TPSA) is 83.0 Å². The van der Waals surface area contributed by atoms with Crippen LogP contribution in [0.2, 0.25) is 0 Å². The van der Waals surface area contributed by atoms with E-state index >= 15 is 0 Å². The molecule has 8 heteroatoms. The minimum Gasteiger partial charge on any atom is -0.383 e. The van der Waals surface area contributed by atoms with Crippen molar-refractivity contribution in [3.05, 3.63) is 29.8 Å². The smallest absolute Gasteiger partial charge is 0.240 e. The second-order valence-corrected chi connectivity index (χ2v) is 9.04. The zero-order chi connectivity index (χ0) is 19.2. The van der Waals surface area contributed by atoms with Gasteiger partial charge in [0.05, 0.1) is 11.5 Å². The zero-order valence-corrected chi connectivity index (χ0v) is 16.9. The van der Waals surface area contributed by atoms with E-state index in [0.717, 1.165) is 31.0 Å². The first-order valence-electron chi connectivity index (χ1n) is 8.80. The van der Waals surface area contributed by atoms with Crippen LogP contribution in [0.1, 0.15) is 25.8 Å². The highest BCUT2D eigenvalue weighted by Crippen LogP contribution is 2.28. The minimum absolute atomic E-state index is 0.249. The van der Waals surface area contributed by atoms with Gasteiger partial charge in [-0.15, -0.1) is 0 Å². The minimum atomic E-state index is -3.53. The van der Waals surface area contributed by atoms with E-state index in [1.54, 1.807) is 25.2 Å². The molecule has 0 aliphatic carbocycles. The summed E-state index contributed by atoms with van der Waals surface area (Å²) in [5.41, 5.74) is 1.18. The summed E-state index contributed by atoms with van der Waals surface area (Å²) in [5, 5.41) is 3.34. The maximum Gasteiger partial charge on any atom is 0.240 e. The average molecular weight is 383 g/mol. The van der Waals surface area contributed by atoms with Crippen LogP contribution in [0.25, 0.3) is 0 Å². The van der Waals surface area contributed by atoms with Gasteiger partial charge in [-0.25, -0.2) is 13.1 Å². The highest BCUT2D eigenvalue weighted by molar-refractivity contribution is 7.89. The number of sulfonamides is 1. The Morgan fingerprint density at radius 3 is 2.77 bits per heavy atom. The van der Waals surface area contributed by atoms with Crippen molar-refractivity contribution in [2.24, 2.45) is 10.4 Å². The van der Waals surface area contributed by atoms with E-state index in [-0.39, 0.29) is 11.4 Å². The first-order chi connectivity index (χ1) is 12.3. The van der Waals surface area contributed by atoms with Crippen molar-refractivity contribution < 1.29 is 13.2 Å². The van der Waals surface area contributed by atoms with E-state index in [4.69, 9.17) is 4.74 Å². The largest absolute Gasteiger partial charge is 0.383 e. The lowest BCUT2D eigenvalue weighted by Gasteiger charge is -2.23. The third-order valence-electron chi connectivity index (χ3n) is 4.45. The Morgan fingerprint density at radius 2 is 2.15 bits per heavy atom. The number of hydrogen-bond donors (Lipinski definition) is 2. The predicted octanol–water partition coefficient (Wildman–Crippen LogP) is 1.42. The molecule has 0 aromatic heterocycles. The van der Waals surface area contributed by atoms with Gasteiger partial charge >= 0.3 is 0 Å². The summed E-state index contributed by atoms with van der Waals surface area (Å²) in [6.45, 7) is 7.55. The number of ether oxygens (including phenoxy) is 1. The molecule has 0 unspecified atom stereocenters. The van der Waals surface area contributed by atoms with Gasteiger partial charge in [0.25, 0.3) is 0 Å². The fourth-order valence-corrected chi connectivity index (χ4v) is 4.07. The second kappa shape index (κ2) is 8.83. The molecule has 0 radical (unpaired) electrons. The van der Waals surface area contributed by atoms with Crippen LogP contribution < -0.4 is 10.0 Å². The van der Waals surface area contributed by atoms with Crippen LogP contribution in [0.4, 0.5) is 0 Å². The van der Waals surface area contributed by atoms with E-state index < -0.39 is 10.0 Å². The van der Waals surface area contributed by atoms with Crippen LogP contribution in [0, 0.1) is 5.41 Å². The summed E-state index contributed by atoms with van der Waals surface area (Å²) in [6, 6.07) is 6.94. The third-order valence-corrected chi connectivity index (χ3v) is 5.91. The number of nitrogens with zero attached hydrogens (tertiary/aromatic N) is 2. The first-order valence-corrected chi connectivity index (χ1v) is 10.3. The van der Waals surface area contributed by atoms with Crippen LogP contribution >= 0.6 is 0 Å². The van der Waals surface area contributed by atoms with Crippen molar-refractivity contribution in [3.63, 3.8) is 0 Å². The summed E-state index contributed by atoms with van der Waals surface area (Å²) in [6.07, 6.45) is 1.13. The van der Waals surface area contributed by atoms with Gasteiger partial charge in [0.2, 0.25) is 10.0 Å². The molecule has 1 aliphatic heterocycles. The molecule has 146 valence electrons. The Hall–Kier alpha value is -1.64. The Morgan fingerprint density at radius 1 is 1.38 bits per heavy atom. The lowest BCUT2D eigenvalue weighted by Crippen LogP contribution is -2.40. The van der Waals surface area contributed by atoms with Gasteiger partial charge < -0.3 is 15.0 Å². The third kappa shape index (κ3) is 5.69. The molecule has 7 nitrogen and oxygen atoms in total. The van der Waals surface area contributed by atoms with Crippen molar-refractivity contribution in [1.82, 2.24) is 14.9 Å². The summed E-state index contributed by atoms with van der Waals surface area (Å²) in [5.74, 6) is 0.849. The number of likely N-dealkylation sites (tertiary alicyclic amines) is 1. The highest BCUT2D eigenvalue weighted by Gasteiger charge is 2.30. The maximum atomic E-state index is 12.3. The molecule has 0 bridgehead atoms. The van der Waals surface area contributed by atoms with Gasteiger partial charge in [-0.1, -0.05) is 26.0 Å². The van der Waals surface area contributed by atoms with Crippen molar-refractivity contribution in [2.45, 2.75) is 31.7 Å². The van der Waals surface area contributed by atoms with Crippen molar-refractivity contribution in [1.29, 1.82) is 0 Å². The molecule has 0 amide bonds. The van der Waals surface area contributed by atoms with Crippen molar-refractivity contribution in [3.8, 4) is 0 Å². The molecule has 0 spiro atoms. The molecule has 1 aromatic carbocycles. The van der Waals surface area contributed by atoms with E-state index in [9.17, 15) is 8.42 Å². The molecule has 2 N–H and O–H groups in total. The van der Waals surface area contributed by atoms with Crippen LogP contribution in [0.15, 0.2) is 34.2 Å². The monoisotopic (exact) mass is 382 g/mol. The first kappa shape index (κ1) is 20.7. The SMILES string of the molecule is CN=C(NCc1cccc(S(=O)(=O)NCCOC)c1)N1CCC(C)(C)C1. The van der Waals surface area contributed by atoms with Crippen LogP contribution in [-0.2, 0) is 21.3 Å². The molecule has 1 heterocycles. The number of benzene rings is 1. The lowest BCUT2D eigenvalue weighted by molar-refractivity contribution is 0.204. The van der Waals surface area contributed by atoms with Crippen LogP contribution in [0.3, 0.4) is 0 Å². The molecule has 1 aliphatic rings. The van der Waals surface area contributed by atoms with Crippen molar-refractivity contribution in [2.75, 3.05) is 40.4 Å². The van der Waals surface area contributed by atoms with Gasteiger partial charge in [-0.2, -0.15) is 0 Å². The van der Waals surface area contributed by atoms with Gasteiger partial charge in [-0.05, 0) is 29.5 Å². The predicted molar refractivity (Wildman–Crippen MR) is 104 cm³/mol. The number of aliphatic imine (C=N–C) groups is 1. The number of methoxy groups -OCH3 is 1. The van der Waals surface area contributed by atoms with E-state index in [1.807, 2.05) is 6.07 Å². The number of guanidine groups is 1. The van der Waals surface area contributed by atoms with Gasteiger partial charge in [0, 0.05) is 40.3 Å². The van der Waals surface area contributed by atoms with Crippen LogP contribution in [0.5, 0.6) is 0 Å². The number of hydrogen-bond acceptors (Lipinski definition) is 4. The summed E-state index contributed by atoms with van der Waals surface area (Å²) >= 11 is 0. The van der Waals surface area contributed by atoms with Gasteiger partial charge in [0.15, 0.2) is 5.96 Å². The van der Waals surface area contributed by atoms with E-state index in [1.165, 1.54) is 7.11 Å². The Balaban J connectivity index is 2.00. The summed E-state index contributed by atoms with van der Waals surface area (Å²) in [7, 11) is -0.220. The molecule has 1 fully saturated rings. The standard InChI is InChI=1S/C18H30N4O3S/c1-18(2)8-10-22(14-18)17(19-3)20-13-15-6-5-7-16(12-15)26(23,24)21-9-11-25-4/h5-7,12,21H,8-11,13-14H2,1-4H3,(H,19,20). The lowest BCUT2D eigenvalue weighted by atomic mass is 9.93. The average Bonchev–Trinajstić information content (AvgIpc) is 2.96. The van der Waals surface area contributed by atoms with Gasteiger partial charge in [0.1, 0.15) is 0 Å². The second-order valence-electron chi connectivity index (χ2n) is 7.27. The summed E-state index contributed by atoms with van der Waals surface area (Å²) in [4.78, 5) is 6.86. The Labute approximate surface area is 156 Å². The van der Waals surface area contributed by atoms with Crippen molar-refractivity contribution >= 4 is 16.0 Å². The van der Waals surface area contributed by atoms with E-state index in [2.05, 4.69) is 33.8 Å². The molecular formula is C18H30N4O3S. The molecular weight excluding hydrogens is 352 g/mol. The number of rotatable bonds is 7. The number of nitrogens with one attached hydrogen (secondary N) is 2. The normalized spacial score (nSPS) is 17.5. The Bertz CT molecular complexity index is 732. The molecule has 2 rings (SSSR count). The van der Waals surface area contributed by atoms with E-state index in [0.29, 0.717) is 18.6 Å². The fraction of sp³-hybridized carbons (Fsp3) is 0.611. The summed E-state index contributed by atoms with van der Waals surface area (Å²) < 4.78 is 32.0. The molecule has 0 atom stereocenters. The highest BCUT2D eigenvalue weighted by atomic mass is 32.2. The molecule has 1 saturated heterocycles. The maximum absolute atomic E-state index is 12.3. The van der Waals surface area contributed by atoms with Crippen LogP contribution in [-0.4, -0.2) is 59.7 Å². The molecule has 0 saturated carbocycles. The molecule has 1 aromatic rings. The fourth-order valence-electron chi connectivity index (χ4n) is 2.99. The quantitative estimate of drug-likeness (QED) is 0.423. The molecule has 26 heavy (non-hydrogen) atoms.